The zero-order valence-corrected chi connectivity index (χ0v) is 12.5. The quantitative estimate of drug-likeness (QED) is 0.637. The van der Waals surface area contributed by atoms with Gasteiger partial charge in [-0.1, -0.05) is 24.3 Å². The summed E-state index contributed by atoms with van der Waals surface area (Å²) in [4.78, 5) is 34.8. The fourth-order valence-corrected chi connectivity index (χ4v) is 2.17. The number of amides is 1. The van der Waals surface area contributed by atoms with E-state index >= 15 is 0 Å². The van der Waals surface area contributed by atoms with Gasteiger partial charge in [-0.2, -0.15) is 0 Å². The molecule has 1 atom stereocenters. The van der Waals surface area contributed by atoms with Crippen molar-refractivity contribution < 1.29 is 29.7 Å². The lowest BCUT2D eigenvalue weighted by Gasteiger charge is -2.15. The van der Waals surface area contributed by atoms with Crippen molar-refractivity contribution in [2.45, 2.75) is 12.5 Å². The van der Waals surface area contributed by atoms with E-state index in [2.05, 4.69) is 5.32 Å². The van der Waals surface area contributed by atoms with Crippen LogP contribution in [0, 0.1) is 0 Å². The van der Waals surface area contributed by atoms with Gasteiger partial charge in [0.05, 0.1) is 11.1 Å². The van der Waals surface area contributed by atoms with Crippen molar-refractivity contribution in [3.8, 4) is 5.75 Å². The van der Waals surface area contributed by atoms with Gasteiger partial charge in [0.25, 0.3) is 5.91 Å². The number of phenolic OH excluding ortho intramolecular Hbond substituents is 1. The molecule has 0 aliphatic heterocycles. The number of aromatic hydroxyl groups is 1. The number of aromatic carboxylic acids is 1. The van der Waals surface area contributed by atoms with Gasteiger partial charge in [0, 0.05) is 6.42 Å². The van der Waals surface area contributed by atoms with Crippen LogP contribution in [0.15, 0.2) is 48.5 Å². The monoisotopic (exact) mass is 329 g/mol. The molecule has 0 unspecified atom stereocenters. The summed E-state index contributed by atoms with van der Waals surface area (Å²) in [5, 5.41) is 29.9. The number of carboxylic acid groups (broad SMARTS) is 2. The summed E-state index contributed by atoms with van der Waals surface area (Å²) in [6.07, 6.45) is -0.00338. The summed E-state index contributed by atoms with van der Waals surface area (Å²) in [6.45, 7) is 0. The standard InChI is InChI=1S/C17H15NO6/c19-11-7-5-10(6-8-11)9-14(17(23)24)18-15(20)12-3-1-2-4-13(12)16(21)22/h1-8,14,19H,9H2,(H,18,20)(H,21,22)(H,23,24)/t14-/m0/s1. The molecule has 0 aliphatic carbocycles. The molecule has 0 fully saturated rings. The highest BCUT2D eigenvalue weighted by Crippen LogP contribution is 2.13. The van der Waals surface area contributed by atoms with E-state index in [1.807, 2.05) is 0 Å². The summed E-state index contributed by atoms with van der Waals surface area (Å²) in [5.41, 5.74) is 0.290. The van der Waals surface area contributed by atoms with E-state index in [1.54, 1.807) is 12.1 Å². The second-order valence-corrected chi connectivity index (χ2v) is 5.09. The van der Waals surface area contributed by atoms with E-state index < -0.39 is 23.9 Å². The van der Waals surface area contributed by atoms with Crippen molar-refractivity contribution in [3.05, 3.63) is 65.2 Å². The molecule has 4 N–H and O–H groups in total. The van der Waals surface area contributed by atoms with Crippen LogP contribution < -0.4 is 5.32 Å². The average Bonchev–Trinajstić information content (AvgIpc) is 2.56. The number of aliphatic carboxylic acids is 1. The number of nitrogens with one attached hydrogen (secondary N) is 1. The van der Waals surface area contributed by atoms with Crippen LogP contribution in [0.4, 0.5) is 0 Å². The van der Waals surface area contributed by atoms with Gasteiger partial charge in [-0.15, -0.1) is 0 Å². The Labute approximate surface area is 137 Å². The van der Waals surface area contributed by atoms with E-state index in [4.69, 9.17) is 5.11 Å². The lowest BCUT2D eigenvalue weighted by atomic mass is 10.0. The van der Waals surface area contributed by atoms with Gasteiger partial charge in [0.15, 0.2) is 0 Å². The minimum absolute atomic E-state index is 0.00338. The Bertz CT molecular complexity index is 769. The number of carboxylic acids is 2. The smallest absolute Gasteiger partial charge is 0.336 e. The van der Waals surface area contributed by atoms with Crippen molar-refractivity contribution >= 4 is 17.8 Å². The van der Waals surface area contributed by atoms with Crippen molar-refractivity contribution in [1.82, 2.24) is 5.32 Å². The number of carbonyl (C=O) groups excluding carboxylic acids is 1. The molecule has 124 valence electrons. The second kappa shape index (κ2) is 7.28. The first-order chi connectivity index (χ1) is 11.4. The first-order valence-corrected chi connectivity index (χ1v) is 7.02. The molecule has 0 saturated heterocycles. The Balaban J connectivity index is 2.19. The average molecular weight is 329 g/mol. The van der Waals surface area contributed by atoms with Gasteiger partial charge in [-0.3, -0.25) is 4.79 Å². The molecule has 0 bridgehead atoms. The van der Waals surface area contributed by atoms with Crippen LogP contribution in [0.5, 0.6) is 5.75 Å². The van der Waals surface area contributed by atoms with Crippen LogP contribution in [0.3, 0.4) is 0 Å². The number of rotatable bonds is 6. The largest absolute Gasteiger partial charge is 0.508 e. The number of hydrogen-bond donors (Lipinski definition) is 4. The molecule has 0 aromatic heterocycles. The Morgan fingerprint density at radius 3 is 2.04 bits per heavy atom. The number of benzene rings is 2. The highest BCUT2D eigenvalue weighted by molar-refractivity contribution is 6.05. The lowest BCUT2D eigenvalue weighted by Crippen LogP contribution is -2.42. The van der Waals surface area contributed by atoms with Gasteiger partial charge >= 0.3 is 11.9 Å². The second-order valence-electron chi connectivity index (χ2n) is 5.09. The van der Waals surface area contributed by atoms with Crippen LogP contribution in [-0.4, -0.2) is 39.2 Å². The third-order valence-electron chi connectivity index (χ3n) is 3.38. The maximum atomic E-state index is 12.3. The highest BCUT2D eigenvalue weighted by atomic mass is 16.4. The van der Waals surface area contributed by atoms with E-state index in [1.165, 1.54) is 36.4 Å². The lowest BCUT2D eigenvalue weighted by molar-refractivity contribution is -0.139. The van der Waals surface area contributed by atoms with Crippen molar-refractivity contribution in [2.24, 2.45) is 0 Å². The highest BCUT2D eigenvalue weighted by Gasteiger charge is 2.23. The van der Waals surface area contributed by atoms with Gasteiger partial charge in [0.2, 0.25) is 0 Å². The molecule has 24 heavy (non-hydrogen) atoms. The number of hydrogen-bond acceptors (Lipinski definition) is 4. The van der Waals surface area contributed by atoms with Gasteiger partial charge < -0.3 is 20.6 Å². The van der Waals surface area contributed by atoms with Crippen LogP contribution in [0.1, 0.15) is 26.3 Å². The molecule has 7 nitrogen and oxygen atoms in total. The van der Waals surface area contributed by atoms with Gasteiger partial charge in [-0.25, -0.2) is 9.59 Å². The third kappa shape index (κ3) is 4.10. The summed E-state index contributed by atoms with van der Waals surface area (Å²) in [6, 6.07) is 10.2. The van der Waals surface area contributed by atoms with Crippen LogP contribution in [0.25, 0.3) is 0 Å². The molecule has 7 heteroatoms. The predicted octanol–water partition coefficient (Wildman–Crippen LogP) is 1.52. The van der Waals surface area contributed by atoms with Gasteiger partial charge in [0.1, 0.15) is 11.8 Å². The minimum atomic E-state index is -1.27. The molecular weight excluding hydrogens is 314 g/mol. The Morgan fingerprint density at radius 2 is 1.50 bits per heavy atom. The Morgan fingerprint density at radius 1 is 0.917 bits per heavy atom. The summed E-state index contributed by atoms with van der Waals surface area (Å²) < 4.78 is 0. The third-order valence-corrected chi connectivity index (χ3v) is 3.38. The molecule has 2 aromatic carbocycles. The molecule has 2 aromatic rings. The molecule has 2 rings (SSSR count). The van der Waals surface area contributed by atoms with Crippen molar-refractivity contribution in [2.75, 3.05) is 0 Å². The Hall–Kier alpha value is -3.35. The first kappa shape index (κ1) is 17.0. The molecule has 0 heterocycles. The van der Waals surface area contributed by atoms with Crippen molar-refractivity contribution in [1.29, 1.82) is 0 Å². The number of carbonyl (C=O) groups is 3. The molecule has 0 saturated carbocycles. The van der Waals surface area contributed by atoms with E-state index in [0.29, 0.717) is 5.56 Å². The fourth-order valence-electron chi connectivity index (χ4n) is 2.17. The van der Waals surface area contributed by atoms with Crippen LogP contribution >= 0.6 is 0 Å². The van der Waals surface area contributed by atoms with E-state index in [9.17, 15) is 24.6 Å². The maximum Gasteiger partial charge on any atom is 0.336 e. The molecule has 1 amide bonds. The summed E-state index contributed by atoms with van der Waals surface area (Å²) in [7, 11) is 0. The normalized spacial score (nSPS) is 11.5. The molecular formula is C17H15NO6. The summed E-state index contributed by atoms with van der Waals surface area (Å²) >= 11 is 0. The topological polar surface area (TPSA) is 124 Å². The zero-order chi connectivity index (χ0) is 17.7. The van der Waals surface area contributed by atoms with Gasteiger partial charge in [-0.05, 0) is 29.8 Å². The molecule has 0 spiro atoms. The fraction of sp³-hybridized carbons (Fsp3) is 0.118. The SMILES string of the molecule is O=C(O)c1ccccc1C(=O)N[C@@H](Cc1ccc(O)cc1)C(=O)O. The maximum absolute atomic E-state index is 12.3. The summed E-state index contributed by atoms with van der Waals surface area (Å²) in [5.74, 6) is -3.25. The first-order valence-electron chi connectivity index (χ1n) is 7.02. The van der Waals surface area contributed by atoms with Crippen LogP contribution in [-0.2, 0) is 11.2 Å². The predicted molar refractivity (Wildman–Crippen MR) is 84.1 cm³/mol. The molecule has 0 aliphatic rings. The van der Waals surface area contributed by atoms with E-state index in [-0.39, 0.29) is 23.3 Å². The van der Waals surface area contributed by atoms with Crippen molar-refractivity contribution in [3.63, 3.8) is 0 Å². The minimum Gasteiger partial charge on any atom is -0.508 e. The number of phenols is 1. The Kier molecular flexibility index (Phi) is 5.16. The zero-order valence-electron chi connectivity index (χ0n) is 12.5. The van der Waals surface area contributed by atoms with Crippen LogP contribution in [0.2, 0.25) is 0 Å². The van der Waals surface area contributed by atoms with E-state index in [0.717, 1.165) is 0 Å². The molecule has 0 radical (unpaired) electrons.